The molecule has 26 heavy (non-hydrogen) atoms. The predicted molar refractivity (Wildman–Crippen MR) is 105 cm³/mol. The molecule has 6 heteroatoms. The van der Waals surface area contributed by atoms with Crippen molar-refractivity contribution in [1.82, 2.24) is 4.57 Å². The first-order valence-corrected chi connectivity index (χ1v) is 9.08. The third-order valence-corrected chi connectivity index (χ3v) is 4.66. The number of nitroso groups, excluding NO2 is 1. The first-order valence-electron chi connectivity index (χ1n) is 8.70. The van der Waals surface area contributed by atoms with E-state index < -0.39 is 0 Å². The molecule has 0 unspecified atom stereocenters. The van der Waals surface area contributed by atoms with Gasteiger partial charge in [0.2, 0.25) is 5.88 Å². The number of fused-ring (bicyclic) bond motifs is 1. The van der Waals surface area contributed by atoms with Crippen molar-refractivity contribution >= 4 is 28.2 Å². The molecule has 2 aromatic carbocycles. The van der Waals surface area contributed by atoms with Gasteiger partial charge in [-0.05, 0) is 35.4 Å². The molecule has 1 heterocycles. The number of hydrogen-bond donors (Lipinski definition) is 1. The van der Waals surface area contributed by atoms with Crippen molar-refractivity contribution in [3.63, 3.8) is 0 Å². The van der Waals surface area contributed by atoms with Crippen LogP contribution in [0, 0.1) is 4.91 Å². The van der Waals surface area contributed by atoms with Gasteiger partial charge < -0.3 is 14.4 Å². The maximum absolute atomic E-state index is 11.1. The molecule has 0 bridgehead atoms. The molecule has 0 radical (unpaired) electrons. The molecule has 0 atom stereocenters. The Balaban J connectivity index is 1.83. The van der Waals surface area contributed by atoms with E-state index in [0.717, 1.165) is 30.6 Å². The number of rotatable bonds is 8. The first-order chi connectivity index (χ1) is 12.7. The summed E-state index contributed by atoms with van der Waals surface area (Å²) in [7, 11) is 0. The number of halogens is 1. The Morgan fingerprint density at radius 3 is 2.62 bits per heavy atom. The molecule has 3 aromatic rings. The molecule has 3 rings (SSSR count). The highest BCUT2D eigenvalue weighted by atomic mass is 35.5. The molecule has 0 aliphatic heterocycles. The largest absolute Gasteiger partial charge is 0.494 e. The van der Waals surface area contributed by atoms with E-state index in [4.69, 9.17) is 16.3 Å². The van der Waals surface area contributed by atoms with Gasteiger partial charge >= 0.3 is 0 Å². The monoisotopic (exact) mass is 372 g/mol. The predicted octanol–water partition coefficient (Wildman–Crippen LogP) is 6.02. The van der Waals surface area contributed by atoms with Crippen LogP contribution in [0.5, 0.6) is 11.6 Å². The zero-order valence-corrected chi connectivity index (χ0v) is 15.4. The molecule has 0 aliphatic carbocycles. The van der Waals surface area contributed by atoms with Gasteiger partial charge in [-0.2, -0.15) is 0 Å². The number of nitrogens with zero attached hydrogens (tertiary/aromatic N) is 2. The lowest BCUT2D eigenvalue weighted by Crippen LogP contribution is -2.00. The minimum Gasteiger partial charge on any atom is -0.494 e. The number of hydrogen-bond acceptors (Lipinski definition) is 4. The Hall–Kier alpha value is -2.53. The Morgan fingerprint density at radius 1 is 1.15 bits per heavy atom. The highest BCUT2D eigenvalue weighted by Crippen LogP contribution is 2.41. The molecule has 1 N–H and O–H groups in total. The van der Waals surface area contributed by atoms with Gasteiger partial charge in [-0.25, -0.2) is 0 Å². The van der Waals surface area contributed by atoms with Crippen LogP contribution in [0.1, 0.15) is 31.7 Å². The molecule has 136 valence electrons. The average molecular weight is 373 g/mol. The van der Waals surface area contributed by atoms with Crippen LogP contribution in [0.15, 0.2) is 47.6 Å². The summed E-state index contributed by atoms with van der Waals surface area (Å²) in [5.74, 6) is 0.641. The highest BCUT2D eigenvalue weighted by molar-refractivity contribution is 6.35. The van der Waals surface area contributed by atoms with E-state index >= 15 is 0 Å². The molecule has 0 amide bonds. The van der Waals surface area contributed by atoms with Crippen LogP contribution >= 0.6 is 11.6 Å². The summed E-state index contributed by atoms with van der Waals surface area (Å²) in [4.78, 5) is 11.1. The van der Waals surface area contributed by atoms with E-state index in [2.05, 4.69) is 12.1 Å². The van der Waals surface area contributed by atoms with Crippen LogP contribution in [0.4, 0.5) is 5.69 Å². The Bertz CT molecular complexity index is 904. The second kappa shape index (κ2) is 8.23. The van der Waals surface area contributed by atoms with Gasteiger partial charge in [0, 0.05) is 5.39 Å². The number of para-hydroxylation sites is 1. The van der Waals surface area contributed by atoms with Gasteiger partial charge in [0.05, 0.1) is 23.7 Å². The molecular weight excluding hydrogens is 352 g/mol. The Kier molecular flexibility index (Phi) is 5.78. The van der Waals surface area contributed by atoms with Crippen molar-refractivity contribution in [2.75, 3.05) is 6.61 Å². The third kappa shape index (κ3) is 3.68. The fourth-order valence-electron chi connectivity index (χ4n) is 2.99. The Labute approximate surface area is 157 Å². The van der Waals surface area contributed by atoms with Gasteiger partial charge in [0.15, 0.2) is 5.69 Å². The summed E-state index contributed by atoms with van der Waals surface area (Å²) in [6.07, 6.45) is 3.37. The molecule has 5 nitrogen and oxygen atoms in total. The highest BCUT2D eigenvalue weighted by Gasteiger charge is 2.19. The minimum absolute atomic E-state index is 0.0124. The standard InChI is InChI=1S/C20H21ClN2O3/c1-2-3-4-12-26-15-10-8-14(9-11-15)13-23-19-16(6-5-7-17(19)21)18(22-25)20(23)24/h5-11,24H,2-4,12-13H2,1H3. The van der Waals surface area contributed by atoms with E-state index in [1.165, 1.54) is 0 Å². The van der Waals surface area contributed by atoms with Crippen molar-refractivity contribution in [3.05, 3.63) is 58.0 Å². The van der Waals surface area contributed by atoms with Gasteiger partial charge in [-0.1, -0.05) is 55.6 Å². The number of aromatic hydroxyl groups is 1. The summed E-state index contributed by atoms with van der Waals surface area (Å²) < 4.78 is 7.32. The molecule has 0 aliphatic rings. The van der Waals surface area contributed by atoms with Crippen LogP contribution in [0.25, 0.3) is 10.9 Å². The maximum Gasteiger partial charge on any atom is 0.222 e. The zero-order valence-electron chi connectivity index (χ0n) is 14.6. The first kappa shape index (κ1) is 18.3. The van der Waals surface area contributed by atoms with Crippen LogP contribution in [-0.2, 0) is 6.54 Å². The van der Waals surface area contributed by atoms with E-state index in [0.29, 0.717) is 29.1 Å². The summed E-state index contributed by atoms with van der Waals surface area (Å²) in [5, 5.41) is 14.4. The van der Waals surface area contributed by atoms with Crippen LogP contribution in [0.3, 0.4) is 0 Å². The van der Waals surface area contributed by atoms with Crippen LogP contribution < -0.4 is 4.74 Å². The molecule has 0 saturated heterocycles. The fraction of sp³-hybridized carbons (Fsp3) is 0.300. The zero-order chi connectivity index (χ0) is 18.5. The van der Waals surface area contributed by atoms with E-state index in [1.807, 2.05) is 24.3 Å². The molecule has 0 spiro atoms. The van der Waals surface area contributed by atoms with Crippen molar-refractivity contribution in [2.24, 2.45) is 5.18 Å². The molecule has 1 aromatic heterocycles. The number of aromatic nitrogens is 1. The number of ether oxygens (including phenoxy) is 1. The summed E-state index contributed by atoms with van der Waals surface area (Å²) in [6, 6.07) is 12.9. The van der Waals surface area contributed by atoms with E-state index in [1.54, 1.807) is 22.8 Å². The van der Waals surface area contributed by atoms with Crippen molar-refractivity contribution in [3.8, 4) is 11.6 Å². The minimum atomic E-state index is -0.178. The summed E-state index contributed by atoms with van der Waals surface area (Å²) in [6.45, 7) is 3.24. The van der Waals surface area contributed by atoms with Gasteiger partial charge in [-0.15, -0.1) is 4.91 Å². The SMILES string of the molecule is CCCCCOc1ccc(Cn2c(O)c(N=O)c3cccc(Cl)c32)cc1. The molecule has 0 saturated carbocycles. The lowest BCUT2D eigenvalue weighted by molar-refractivity contribution is 0.306. The molecular formula is C20H21ClN2O3. The van der Waals surface area contributed by atoms with Crippen molar-refractivity contribution in [1.29, 1.82) is 0 Å². The van der Waals surface area contributed by atoms with Crippen molar-refractivity contribution < 1.29 is 9.84 Å². The lowest BCUT2D eigenvalue weighted by atomic mass is 10.2. The quantitative estimate of drug-likeness (QED) is 0.388. The topological polar surface area (TPSA) is 63.8 Å². The molecule has 0 fully saturated rings. The smallest absolute Gasteiger partial charge is 0.222 e. The van der Waals surface area contributed by atoms with Crippen LogP contribution in [-0.4, -0.2) is 16.3 Å². The summed E-state index contributed by atoms with van der Waals surface area (Å²) in [5.41, 5.74) is 1.56. The number of unbranched alkanes of at least 4 members (excludes halogenated alkanes) is 2. The second-order valence-corrected chi connectivity index (χ2v) is 6.59. The normalized spacial score (nSPS) is 11.0. The van der Waals surface area contributed by atoms with E-state index in [-0.39, 0.29) is 11.6 Å². The van der Waals surface area contributed by atoms with Crippen molar-refractivity contribution in [2.45, 2.75) is 32.7 Å². The van der Waals surface area contributed by atoms with Gasteiger partial charge in [0.25, 0.3) is 0 Å². The van der Waals surface area contributed by atoms with Gasteiger partial charge in [0.1, 0.15) is 5.75 Å². The average Bonchev–Trinajstić information content (AvgIpc) is 2.92. The lowest BCUT2D eigenvalue weighted by Gasteiger charge is -2.10. The maximum atomic E-state index is 11.1. The van der Waals surface area contributed by atoms with Gasteiger partial charge in [-0.3, -0.25) is 0 Å². The Morgan fingerprint density at radius 2 is 1.92 bits per heavy atom. The van der Waals surface area contributed by atoms with Crippen LogP contribution in [0.2, 0.25) is 5.02 Å². The number of benzene rings is 2. The third-order valence-electron chi connectivity index (χ3n) is 4.35. The fourth-order valence-corrected chi connectivity index (χ4v) is 3.27. The summed E-state index contributed by atoms with van der Waals surface area (Å²) >= 11 is 6.28. The second-order valence-electron chi connectivity index (χ2n) is 6.19. The van der Waals surface area contributed by atoms with E-state index in [9.17, 15) is 10.0 Å².